The zero-order valence-electron chi connectivity index (χ0n) is 10.6. The normalized spacial score (nSPS) is 12.7. The van der Waals surface area contributed by atoms with Crippen LogP contribution in [0.4, 0.5) is 0 Å². The van der Waals surface area contributed by atoms with Gasteiger partial charge in [0.2, 0.25) is 0 Å². The third-order valence-corrected chi connectivity index (χ3v) is 3.37. The lowest BCUT2D eigenvalue weighted by molar-refractivity contribution is 0.513. The van der Waals surface area contributed by atoms with Crippen LogP contribution in [0.5, 0.6) is 0 Å². The van der Waals surface area contributed by atoms with Gasteiger partial charge in [-0.2, -0.15) is 11.8 Å². The van der Waals surface area contributed by atoms with Gasteiger partial charge in [0.05, 0.1) is 0 Å². The van der Waals surface area contributed by atoms with Gasteiger partial charge in [0.25, 0.3) is 0 Å². The highest BCUT2D eigenvalue weighted by molar-refractivity contribution is 7.98. The maximum atomic E-state index is 3.57. The van der Waals surface area contributed by atoms with Gasteiger partial charge in [-0.25, -0.2) is 0 Å². The fourth-order valence-corrected chi connectivity index (χ4v) is 2.47. The number of hydrogen-bond acceptors (Lipinski definition) is 2. The predicted molar refractivity (Wildman–Crippen MR) is 75.3 cm³/mol. The Morgan fingerprint density at radius 2 is 2.19 bits per heavy atom. The van der Waals surface area contributed by atoms with Crippen LogP contribution in [0.3, 0.4) is 0 Å². The molecule has 90 valence electrons. The molecule has 0 fully saturated rings. The second kappa shape index (κ2) is 7.75. The van der Waals surface area contributed by atoms with Crippen molar-refractivity contribution in [1.82, 2.24) is 5.32 Å². The third kappa shape index (κ3) is 5.04. The van der Waals surface area contributed by atoms with Crippen molar-refractivity contribution in [3.05, 3.63) is 35.4 Å². The number of likely N-dealkylation sites (N-methyl/N-ethyl adjacent to an activating group) is 1. The highest BCUT2D eigenvalue weighted by atomic mass is 32.2. The first-order valence-electron chi connectivity index (χ1n) is 6.04. The molecule has 1 nitrogen and oxygen atoms in total. The van der Waals surface area contributed by atoms with Crippen LogP contribution in [-0.2, 0) is 6.42 Å². The fourth-order valence-electron chi connectivity index (χ4n) is 1.95. The summed E-state index contributed by atoms with van der Waals surface area (Å²) in [5.74, 6) is 1.24. The SMILES string of the molecule is CCNC(CCSC)Cc1cccc(C)c1. The first-order valence-corrected chi connectivity index (χ1v) is 7.43. The quantitative estimate of drug-likeness (QED) is 0.781. The molecule has 1 rings (SSSR count). The fraction of sp³-hybridized carbons (Fsp3) is 0.571. The van der Waals surface area contributed by atoms with Crippen LogP contribution in [-0.4, -0.2) is 24.6 Å². The van der Waals surface area contributed by atoms with Crippen LogP contribution in [0.2, 0.25) is 0 Å². The molecule has 0 heterocycles. The predicted octanol–water partition coefficient (Wildman–Crippen LogP) is 3.27. The Morgan fingerprint density at radius 3 is 2.81 bits per heavy atom. The first kappa shape index (κ1) is 13.6. The number of aryl methyl sites for hydroxylation is 1. The number of rotatable bonds is 7. The molecule has 2 heteroatoms. The molecule has 0 aromatic heterocycles. The molecule has 0 aliphatic rings. The summed E-state index contributed by atoms with van der Waals surface area (Å²) in [5, 5.41) is 3.57. The largest absolute Gasteiger partial charge is 0.314 e. The number of nitrogens with one attached hydrogen (secondary N) is 1. The number of benzene rings is 1. The van der Waals surface area contributed by atoms with E-state index in [1.807, 2.05) is 11.8 Å². The number of hydrogen-bond donors (Lipinski definition) is 1. The summed E-state index contributed by atoms with van der Waals surface area (Å²) >= 11 is 1.93. The zero-order chi connectivity index (χ0) is 11.8. The molecule has 16 heavy (non-hydrogen) atoms. The van der Waals surface area contributed by atoms with Crippen molar-refractivity contribution >= 4 is 11.8 Å². The topological polar surface area (TPSA) is 12.0 Å². The van der Waals surface area contributed by atoms with E-state index in [4.69, 9.17) is 0 Å². The van der Waals surface area contributed by atoms with E-state index in [0.29, 0.717) is 6.04 Å². The maximum Gasteiger partial charge on any atom is 0.0115 e. The summed E-state index contributed by atoms with van der Waals surface area (Å²) in [6.07, 6.45) is 4.58. The molecule has 1 aromatic carbocycles. The van der Waals surface area contributed by atoms with Gasteiger partial charge in [-0.15, -0.1) is 0 Å². The lowest BCUT2D eigenvalue weighted by Crippen LogP contribution is -2.31. The summed E-state index contributed by atoms with van der Waals surface area (Å²) in [7, 11) is 0. The molecule has 1 unspecified atom stereocenters. The van der Waals surface area contributed by atoms with Crippen molar-refractivity contribution in [3.8, 4) is 0 Å². The van der Waals surface area contributed by atoms with Gasteiger partial charge in [0.15, 0.2) is 0 Å². The van der Waals surface area contributed by atoms with E-state index in [1.165, 1.54) is 23.3 Å². The van der Waals surface area contributed by atoms with Crippen molar-refractivity contribution in [1.29, 1.82) is 0 Å². The van der Waals surface area contributed by atoms with Crippen LogP contribution in [0.1, 0.15) is 24.5 Å². The van der Waals surface area contributed by atoms with E-state index in [2.05, 4.69) is 49.7 Å². The van der Waals surface area contributed by atoms with E-state index in [0.717, 1.165) is 13.0 Å². The van der Waals surface area contributed by atoms with Gasteiger partial charge in [0.1, 0.15) is 0 Å². The Labute approximate surface area is 104 Å². The lowest BCUT2D eigenvalue weighted by Gasteiger charge is -2.17. The summed E-state index contributed by atoms with van der Waals surface area (Å²) in [4.78, 5) is 0. The average molecular weight is 237 g/mol. The van der Waals surface area contributed by atoms with E-state index < -0.39 is 0 Å². The molecule has 1 N–H and O–H groups in total. The highest BCUT2D eigenvalue weighted by Crippen LogP contribution is 2.10. The maximum absolute atomic E-state index is 3.57. The molecule has 0 amide bonds. The molecule has 0 aliphatic carbocycles. The summed E-state index contributed by atoms with van der Waals surface area (Å²) < 4.78 is 0. The minimum atomic E-state index is 0.624. The second-order valence-electron chi connectivity index (χ2n) is 4.23. The van der Waals surface area contributed by atoms with Crippen LogP contribution < -0.4 is 5.32 Å². The van der Waals surface area contributed by atoms with Gasteiger partial charge in [-0.1, -0.05) is 36.8 Å². The molecule has 0 saturated carbocycles. The molecule has 1 aromatic rings. The minimum Gasteiger partial charge on any atom is -0.314 e. The smallest absolute Gasteiger partial charge is 0.0115 e. The molecular formula is C14H23NS. The molecule has 1 atom stereocenters. The van der Waals surface area contributed by atoms with Gasteiger partial charge in [-0.3, -0.25) is 0 Å². The van der Waals surface area contributed by atoms with Gasteiger partial charge in [-0.05, 0) is 43.9 Å². The molecule has 0 bridgehead atoms. The summed E-state index contributed by atoms with van der Waals surface area (Å²) in [6, 6.07) is 9.47. The van der Waals surface area contributed by atoms with Crippen molar-refractivity contribution < 1.29 is 0 Å². The lowest BCUT2D eigenvalue weighted by atomic mass is 10.0. The molecule has 0 radical (unpaired) electrons. The standard InChI is InChI=1S/C14H23NS/c1-4-15-14(8-9-16-3)11-13-7-5-6-12(2)10-13/h5-7,10,14-15H,4,8-9,11H2,1-3H3. The minimum absolute atomic E-state index is 0.624. The van der Waals surface area contributed by atoms with E-state index in [-0.39, 0.29) is 0 Å². The second-order valence-corrected chi connectivity index (χ2v) is 5.21. The molecule has 0 saturated heterocycles. The van der Waals surface area contributed by atoms with Gasteiger partial charge in [0, 0.05) is 6.04 Å². The highest BCUT2D eigenvalue weighted by Gasteiger charge is 2.07. The van der Waals surface area contributed by atoms with Gasteiger partial charge >= 0.3 is 0 Å². The monoisotopic (exact) mass is 237 g/mol. The molecule has 0 spiro atoms. The van der Waals surface area contributed by atoms with E-state index in [1.54, 1.807) is 0 Å². The van der Waals surface area contributed by atoms with Crippen molar-refractivity contribution in [2.75, 3.05) is 18.6 Å². The zero-order valence-corrected chi connectivity index (χ0v) is 11.4. The Morgan fingerprint density at radius 1 is 1.38 bits per heavy atom. The Bertz CT molecular complexity index is 299. The molecule has 0 aliphatic heterocycles. The third-order valence-electron chi connectivity index (χ3n) is 2.73. The Balaban J connectivity index is 2.52. The van der Waals surface area contributed by atoms with Crippen LogP contribution in [0, 0.1) is 6.92 Å². The van der Waals surface area contributed by atoms with Crippen LogP contribution in [0.25, 0.3) is 0 Å². The first-order chi connectivity index (χ1) is 7.76. The summed E-state index contributed by atoms with van der Waals surface area (Å²) in [5.41, 5.74) is 2.81. The average Bonchev–Trinajstić information content (AvgIpc) is 2.26. The number of thioether (sulfide) groups is 1. The van der Waals surface area contributed by atoms with E-state index >= 15 is 0 Å². The van der Waals surface area contributed by atoms with E-state index in [9.17, 15) is 0 Å². The Hall–Kier alpha value is -0.470. The summed E-state index contributed by atoms with van der Waals surface area (Å²) in [6.45, 7) is 5.40. The van der Waals surface area contributed by atoms with Crippen molar-refractivity contribution in [3.63, 3.8) is 0 Å². The van der Waals surface area contributed by atoms with Crippen molar-refractivity contribution in [2.24, 2.45) is 0 Å². The molecular weight excluding hydrogens is 214 g/mol. The van der Waals surface area contributed by atoms with Crippen LogP contribution >= 0.6 is 11.8 Å². The van der Waals surface area contributed by atoms with Crippen molar-refractivity contribution in [2.45, 2.75) is 32.7 Å². The Kier molecular flexibility index (Phi) is 6.58. The van der Waals surface area contributed by atoms with Gasteiger partial charge < -0.3 is 5.32 Å². The van der Waals surface area contributed by atoms with Crippen LogP contribution in [0.15, 0.2) is 24.3 Å².